The van der Waals surface area contributed by atoms with Crippen molar-refractivity contribution in [2.45, 2.75) is 31.6 Å². The number of rotatable bonds is 3. The maximum Gasteiger partial charge on any atom is 0.0713 e. The molecule has 0 unspecified atom stereocenters. The minimum absolute atomic E-state index is 0.147. The molecule has 0 aromatic heterocycles. The molecule has 5 aromatic carbocycles. The van der Waals surface area contributed by atoms with Gasteiger partial charge in [0.1, 0.15) is 0 Å². The first-order chi connectivity index (χ1) is 17.0. The highest BCUT2D eigenvalue weighted by molar-refractivity contribution is 5.88. The lowest BCUT2D eigenvalue weighted by atomic mass is 9.67. The third-order valence-electron chi connectivity index (χ3n) is 7.54. The Labute approximate surface area is 208 Å². The molecule has 170 valence electrons. The molecule has 0 atom stereocenters. The molecule has 0 fully saturated rings. The molecule has 0 saturated heterocycles. The fraction of sp³-hybridized carbons (Fsp3) is 0.143. The topological polar surface area (TPSA) is 0 Å². The maximum absolute atomic E-state index is 2.43. The van der Waals surface area contributed by atoms with Crippen LogP contribution in [0.3, 0.4) is 0 Å². The van der Waals surface area contributed by atoms with Gasteiger partial charge in [-0.1, -0.05) is 142 Å². The van der Waals surface area contributed by atoms with Gasteiger partial charge in [-0.15, -0.1) is 0 Å². The van der Waals surface area contributed by atoms with E-state index in [0.717, 1.165) is 0 Å². The maximum atomic E-state index is 2.43. The molecule has 0 N–H and O–H groups in total. The average Bonchev–Trinajstić information content (AvgIpc) is 3.20. The summed E-state index contributed by atoms with van der Waals surface area (Å²) in [6, 6.07) is 47.1. The van der Waals surface area contributed by atoms with Crippen LogP contribution >= 0.6 is 0 Å². The van der Waals surface area contributed by atoms with Gasteiger partial charge in [-0.3, -0.25) is 0 Å². The molecule has 1 aliphatic carbocycles. The molecular formula is C35H30. The second-order valence-electron chi connectivity index (χ2n) is 10.6. The molecule has 0 nitrogen and oxygen atoms in total. The number of hydrogen-bond acceptors (Lipinski definition) is 0. The van der Waals surface area contributed by atoms with E-state index in [1.165, 1.54) is 50.1 Å². The van der Waals surface area contributed by atoms with Crippen LogP contribution in [0.4, 0.5) is 0 Å². The molecule has 0 spiro atoms. The second-order valence-corrected chi connectivity index (χ2v) is 10.6. The van der Waals surface area contributed by atoms with Gasteiger partial charge in [0.05, 0.1) is 5.41 Å². The number of benzene rings is 5. The monoisotopic (exact) mass is 450 g/mol. The van der Waals surface area contributed by atoms with Crippen molar-refractivity contribution in [3.8, 4) is 22.3 Å². The van der Waals surface area contributed by atoms with Gasteiger partial charge in [0.15, 0.2) is 0 Å². The summed E-state index contributed by atoms with van der Waals surface area (Å²) >= 11 is 0. The Morgan fingerprint density at radius 1 is 0.457 bits per heavy atom. The van der Waals surface area contributed by atoms with Crippen LogP contribution in [-0.2, 0) is 10.8 Å². The summed E-state index contributed by atoms with van der Waals surface area (Å²) in [7, 11) is 0. The van der Waals surface area contributed by atoms with Crippen LogP contribution < -0.4 is 0 Å². The van der Waals surface area contributed by atoms with Crippen molar-refractivity contribution in [2.75, 3.05) is 0 Å². The lowest BCUT2D eigenvalue weighted by Gasteiger charge is -2.34. The highest BCUT2D eigenvalue weighted by Gasteiger charge is 2.45. The largest absolute Gasteiger partial charge is 0.0713 e. The van der Waals surface area contributed by atoms with Crippen LogP contribution in [-0.4, -0.2) is 0 Å². The smallest absolute Gasteiger partial charge is 0.0622 e. The standard InChI is InChI=1S/C35H30/c1-34(2,3)27-21-18-25(19-22-27)26-20-23-31-30-16-10-11-17-32(30)35(33(31)24-26,28-12-6-4-7-13-28)29-14-8-5-9-15-29/h4-24H,1-3H3. The van der Waals surface area contributed by atoms with Crippen molar-refractivity contribution in [2.24, 2.45) is 0 Å². The fourth-order valence-electron chi connectivity index (χ4n) is 5.79. The first-order valence-electron chi connectivity index (χ1n) is 12.5. The van der Waals surface area contributed by atoms with Gasteiger partial charge in [-0.2, -0.15) is 0 Å². The van der Waals surface area contributed by atoms with E-state index in [4.69, 9.17) is 0 Å². The summed E-state index contributed by atoms with van der Waals surface area (Å²) in [6.45, 7) is 6.80. The van der Waals surface area contributed by atoms with Crippen LogP contribution in [0.5, 0.6) is 0 Å². The van der Waals surface area contributed by atoms with Crippen molar-refractivity contribution in [1.29, 1.82) is 0 Å². The van der Waals surface area contributed by atoms with E-state index < -0.39 is 0 Å². The first-order valence-corrected chi connectivity index (χ1v) is 12.5. The Hall–Kier alpha value is -3.90. The molecule has 0 heterocycles. The van der Waals surface area contributed by atoms with Gasteiger partial charge in [-0.05, 0) is 61.6 Å². The van der Waals surface area contributed by atoms with Gasteiger partial charge >= 0.3 is 0 Å². The lowest BCUT2D eigenvalue weighted by Crippen LogP contribution is -2.28. The first kappa shape index (κ1) is 21.6. The molecule has 35 heavy (non-hydrogen) atoms. The SMILES string of the molecule is CC(C)(C)c1ccc(-c2ccc3c(c2)C(c2ccccc2)(c2ccccc2)c2ccccc2-3)cc1. The van der Waals surface area contributed by atoms with Gasteiger partial charge in [-0.25, -0.2) is 0 Å². The van der Waals surface area contributed by atoms with Gasteiger partial charge in [0.25, 0.3) is 0 Å². The highest BCUT2D eigenvalue weighted by Crippen LogP contribution is 2.56. The summed E-state index contributed by atoms with van der Waals surface area (Å²) < 4.78 is 0. The van der Waals surface area contributed by atoms with Crippen LogP contribution in [0.25, 0.3) is 22.3 Å². The Kier molecular flexibility index (Phi) is 5.00. The Balaban J connectivity index is 1.64. The molecule has 1 aliphatic rings. The van der Waals surface area contributed by atoms with Gasteiger partial charge < -0.3 is 0 Å². The Morgan fingerprint density at radius 2 is 0.971 bits per heavy atom. The summed E-state index contributed by atoms with van der Waals surface area (Å²) in [5.41, 5.74) is 11.6. The molecule has 0 amide bonds. The van der Waals surface area contributed by atoms with Crippen LogP contribution in [0, 0.1) is 0 Å². The molecule has 0 heteroatoms. The zero-order valence-corrected chi connectivity index (χ0v) is 20.6. The molecule has 5 aromatic rings. The van der Waals surface area contributed by atoms with Gasteiger partial charge in [0, 0.05) is 0 Å². The summed E-state index contributed by atoms with van der Waals surface area (Å²) in [6.07, 6.45) is 0. The van der Waals surface area contributed by atoms with Crippen molar-refractivity contribution < 1.29 is 0 Å². The number of hydrogen-bond donors (Lipinski definition) is 0. The Bertz CT molecular complexity index is 1440. The zero-order chi connectivity index (χ0) is 24.0. The normalized spacial score (nSPS) is 13.8. The third kappa shape index (κ3) is 3.36. The minimum Gasteiger partial charge on any atom is -0.0622 e. The lowest BCUT2D eigenvalue weighted by molar-refractivity contribution is 0.590. The Morgan fingerprint density at radius 3 is 1.57 bits per heavy atom. The molecule has 0 aliphatic heterocycles. The van der Waals surface area contributed by atoms with E-state index in [-0.39, 0.29) is 10.8 Å². The van der Waals surface area contributed by atoms with E-state index in [9.17, 15) is 0 Å². The molecule has 0 radical (unpaired) electrons. The third-order valence-corrected chi connectivity index (χ3v) is 7.54. The van der Waals surface area contributed by atoms with Crippen molar-refractivity contribution >= 4 is 0 Å². The van der Waals surface area contributed by atoms with E-state index >= 15 is 0 Å². The van der Waals surface area contributed by atoms with Crippen LogP contribution in [0.1, 0.15) is 48.6 Å². The molecule has 0 bridgehead atoms. The summed E-state index contributed by atoms with van der Waals surface area (Å²) in [5.74, 6) is 0. The predicted molar refractivity (Wildman–Crippen MR) is 148 cm³/mol. The summed E-state index contributed by atoms with van der Waals surface area (Å²) in [4.78, 5) is 0. The summed E-state index contributed by atoms with van der Waals surface area (Å²) in [5, 5.41) is 0. The minimum atomic E-state index is -0.351. The highest BCUT2D eigenvalue weighted by atomic mass is 14.5. The fourth-order valence-corrected chi connectivity index (χ4v) is 5.79. The van der Waals surface area contributed by atoms with Crippen LogP contribution in [0.15, 0.2) is 127 Å². The molecule has 0 saturated carbocycles. The van der Waals surface area contributed by atoms with E-state index in [2.05, 4.69) is 148 Å². The van der Waals surface area contributed by atoms with Crippen molar-refractivity contribution in [3.05, 3.63) is 155 Å². The average molecular weight is 451 g/mol. The van der Waals surface area contributed by atoms with Crippen LogP contribution in [0.2, 0.25) is 0 Å². The second kappa shape index (κ2) is 8.10. The molecular weight excluding hydrogens is 420 g/mol. The predicted octanol–water partition coefficient (Wildman–Crippen LogP) is 9.01. The van der Waals surface area contributed by atoms with E-state index in [1.54, 1.807) is 0 Å². The van der Waals surface area contributed by atoms with Crippen molar-refractivity contribution in [3.63, 3.8) is 0 Å². The van der Waals surface area contributed by atoms with Gasteiger partial charge in [0.2, 0.25) is 0 Å². The zero-order valence-electron chi connectivity index (χ0n) is 20.6. The molecule has 6 rings (SSSR count). The quantitative estimate of drug-likeness (QED) is 0.252. The van der Waals surface area contributed by atoms with E-state index in [0.29, 0.717) is 0 Å². The van der Waals surface area contributed by atoms with E-state index in [1.807, 2.05) is 0 Å². The number of fused-ring (bicyclic) bond motifs is 3. The van der Waals surface area contributed by atoms with Crippen molar-refractivity contribution in [1.82, 2.24) is 0 Å².